The Kier molecular flexibility index (Phi) is 5.25. The van der Waals surface area contributed by atoms with Gasteiger partial charge in [0, 0.05) is 21.5 Å². The molecule has 1 aromatic heterocycles. The molecule has 7 heteroatoms. The van der Waals surface area contributed by atoms with E-state index in [9.17, 15) is 14.4 Å². The summed E-state index contributed by atoms with van der Waals surface area (Å²) in [5, 5.41) is 3.54. The number of halogens is 1. The van der Waals surface area contributed by atoms with E-state index in [1.54, 1.807) is 13.0 Å². The van der Waals surface area contributed by atoms with E-state index in [2.05, 4.69) is 35.1 Å². The van der Waals surface area contributed by atoms with Crippen LogP contribution in [-0.4, -0.2) is 16.8 Å². The van der Waals surface area contributed by atoms with Gasteiger partial charge >= 0.3 is 11.7 Å². The van der Waals surface area contributed by atoms with E-state index in [0.29, 0.717) is 16.7 Å². The summed E-state index contributed by atoms with van der Waals surface area (Å²) in [6.45, 7) is 7.82. The first kappa shape index (κ1) is 21.3. The number of urea groups is 1. The van der Waals surface area contributed by atoms with Crippen molar-refractivity contribution in [2.24, 2.45) is 0 Å². The molecule has 1 fully saturated rings. The maximum atomic E-state index is 13.4. The third-order valence-corrected chi connectivity index (χ3v) is 6.55. The molecule has 2 aromatic carbocycles. The van der Waals surface area contributed by atoms with Gasteiger partial charge < -0.3 is 9.73 Å². The second-order valence-electron chi connectivity index (χ2n) is 8.38. The van der Waals surface area contributed by atoms with E-state index in [4.69, 9.17) is 4.42 Å². The van der Waals surface area contributed by atoms with Gasteiger partial charge in [0.25, 0.3) is 5.91 Å². The van der Waals surface area contributed by atoms with Crippen molar-refractivity contribution in [3.63, 3.8) is 0 Å². The number of fused-ring (bicyclic) bond motifs is 1. The SMILES string of the molecule is Cc1cc2oc(=O)cc(CN3C(=O)N[C@](C)(c4ccccc4Br)C3=O)c2cc1C(C)C. The van der Waals surface area contributed by atoms with Crippen molar-refractivity contribution in [1.29, 1.82) is 0 Å². The summed E-state index contributed by atoms with van der Waals surface area (Å²) in [5.74, 6) is -0.0957. The Hall–Kier alpha value is -2.93. The van der Waals surface area contributed by atoms with E-state index >= 15 is 0 Å². The molecule has 1 atom stereocenters. The lowest BCUT2D eigenvalue weighted by Gasteiger charge is -2.23. The van der Waals surface area contributed by atoms with Gasteiger partial charge in [-0.1, -0.05) is 48.0 Å². The molecule has 1 aliphatic rings. The summed E-state index contributed by atoms with van der Waals surface area (Å²) in [6.07, 6.45) is 0. The standard InChI is InChI=1S/C24H23BrN2O4/c1-13(2)16-11-17-15(10-21(28)31-20(17)9-14(16)3)12-27-22(29)24(4,26-23(27)30)18-7-5-6-8-19(18)25/h5-11,13H,12H2,1-4H3,(H,26,30)/t24-/m1/s1. The maximum absolute atomic E-state index is 13.4. The number of carbonyl (C=O) groups is 2. The number of amides is 3. The van der Waals surface area contributed by atoms with Crippen LogP contribution in [0.1, 0.15) is 48.9 Å². The van der Waals surface area contributed by atoms with E-state index < -0.39 is 17.2 Å². The van der Waals surface area contributed by atoms with Gasteiger partial charge in [-0.3, -0.25) is 9.69 Å². The Morgan fingerprint density at radius 3 is 2.52 bits per heavy atom. The fourth-order valence-electron chi connectivity index (χ4n) is 4.20. The number of aryl methyl sites for hydroxylation is 1. The largest absolute Gasteiger partial charge is 0.423 e. The van der Waals surface area contributed by atoms with Crippen molar-refractivity contribution in [3.05, 3.63) is 79.6 Å². The van der Waals surface area contributed by atoms with Crippen LogP contribution >= 0.6 is 15.9 Å². The molecule has 2 heterocycles. The predicted octanol–water partition coefficient (Wildman–Crippen LogP) is 4.95. The topological polar surface area (TPSA) is 79.6 Å². The molecule has 4 rings (SSSR count). The van der Waals surface area contributed by atoms with Gasteiger partial charge in [-0.15, -0.1) is 0 Å². The number of carbonyl (C=O) groups excluding carboxylic acids is 2. The summed E-state index contributed by atoms with van der Waals surface area (Å²) in [7, 11) is 0. The van der Waals surface area contributed by atoms with Crippen LogP contribution in [0.3, 0.4) is 0 Å². The van der Waals surface area contributed by atoms with Crippen LogP contribution < -0.4 is 10.9 Å². The summed E-state index contributed by atoms with van der Waals surface area (Å²) in [6, 6.07) is 12.0. The second-order valence-corrected chi connectivity index (χ2v) is 9.23. The van der Waals surface area contributed by atoms with Crippen LogP contribution in [0, 0.1) is 6.92 Å². The first-order valence-electron chi connectivity index (χ1n) is 10.1. The van der Waals surface area contributed by atoms with Gasteiger partial charge in [0.2, 0.25) is 0 Å². The summed E-state index contributed by atoms with van der Waals surface area (Å²) >= 11 is 3.47. The highest BCUT2D eigenvalue weighted by Crippen LogP contribution is 2.35. The minimum Gasteiger partial charge on any atom is -0.423 e. The Morgan fingerprint density at radius 1 is 1.13 bits per heavy atom. The van der Waals surface area contributed by atoms with E-state index in [0.717, 1.165) is 25.9 Å². The lowest BCUT2D eigenvalue weighted by Crippen LogP contribution is -2.41. The monoisotopic (exact) mass is 482 g/mol. The minimum absolute atomic E-state index is 0.0204. The molecule has 1 aliphatic heterocycles. The number of rotatable bonds is 4. The smallest absolute Gasteiger partial charge is 0.336 e. The first-order chi connectivity index (χ1) is 14.6. The fourth-order valence-corrected chi connectivity index (χ4v) is 4.89. The van der Waals surface area contributed by atoms with Gasteiger partial charge in [-0.05, 0) is 54.7 Å². The van der Waals surface area contributed by atoms with Gasteiger partial charge in [0.15, 0.2) is 0 Å². The van der Waals surface area contributed by atoms with Crippen LogP contribution in [0.2, 0.25) is 0 Å². The molecule has 1 N–H and O–H groups in total. The number of benzene rings is 2. The number of imide groups is 1. The predicted molar refractivity (Wildman–Crippen MR) is 122 cm³/mol. The van der Waals surface area contributed by atoms with E-state index in [-0.39, 0.29) is 18.4 Å². The highest BCUT2D eigenvalue weighted by Gasteiger charge is 2.49. The van der Waals surface area contributed by atoms with Crippen molar-refractivity contribution in [2.75, 3.05) is 0 Å². The zero-order valence-corrected chi connectivity index (χ0v) is 19.4. The average Bonchev–Trinajstić information content (AvgIpc) is 2.91. The highest BCUT2D eigenvalue weighted by molar-refractivity contribution is 9.10. The third kappa shape index (κ3) is 3.57. The quantitative estimate of drug-likeness (QED) is 0.421. The third-order valence-electron chi connectivity index (χ3n) is 5.85. The summed E-state index contributed by atoms with van der Waals surface area (Å²) < 4.78 is 6.13. The molecule has 0 saturated carbocycles. The zero-order valence-electron chi connectivity index (χ0n) is 17.8. The molecule has 3 aromatic rings. The Labute approximate surface area is 188 Å². The average molecular weight is 483 g/mol. The van der Waals surface area contributed by atoms with Gasteiger partial charge in [0.05, 0.1) is 6.54 Å². The highest BCUT2D eigenvalue weighted by atomic mass is 79.9. The van der Waals surface area contributed by atoms with Crippen LogP contribution in [0.4, 0.5) is 4.79 Å². The molecular formula is C24H23BrN2O4. The fraction of sp³-hybridized carbons (Fsp3) is 0.292. The zero-order chi connectivity index (χ0) is 22.5. The molecule has 1 saturated heterocycles. The van der Waals surface area contributed by atoms with Gasteiger partial charge in [-0.2, -0.15) is 0 Å². The summed E-state index contributed by atoms with van der Waals surface area (Å²) in [4.78, 5) is 39.5. The lowest BCUT2D eigenvalue weighted by molar-refractivity contribution is -0.131. The van der Waals surface area contributed by atoms with Gasteiger partial charge in [-0.25, -0.2) is 9.59 Å². The van der Waals surface area contributed by atoms with Crippen molar-refractivity contribution in [2.45, 2.75) is 45.7 Å². The molecule has 6 nitrogen and oxygen atoms in total. The first-order valence-corrected chi connectivity index (χ1v) is 10.9. The minimum atomic E-state index is -1.20. The molecule has 0 unspecified atom stereocenters. The van der Waals surface area contributed by atoms with E-state index in [1.807, 2.05) is 37.3 Å². The molecule has 3 amide bonds. The number of nitrogens with zero attached hydrogens (tertiary/aromatic N) is 1. The molecular weight excluding hydrogens is 460 g/mol. The Balaban J connectivity index is 1.78. The van der Waals surface area contributed by atoms with Crippen LogP contribution in [0.25, 0.3) is 11.0 Å². The molecule has 160 valence electrons. The molecule has 31 heavy (non-hydrogen) atoms. The van der Waals surface area contributed by atoms with E-state index in [1.165, 1.54) is 6.07 Å². The Bertz CT molecular complexity index is 1280. The number of hydrogen-bond donors (Lipinski definition) is 1. The summed E-state index contributed by atoms with van der Waals surface area (Å²) in [5.41, 5.74) is 2.13. The van der Waals surface area contributed by atoms with Crippen molar-refractivity contribution in [1.82, 2.24) is 10.2 Å². The normalized spacial score (nSPS) is 18.8. The van der Waals surface area contributed by atoms with Crippen molar-refractivity contribution < 1.29 is 14.0 Å². The van der Waals surface area contributed by atoms with Gasteiger partial charge in [0.1, 0.15) is 11.1 Å². The van der Waals surface area contributed by atoms with Crippen molar-refractivity contribution in [3.8, 4) is 0 Å². The molecule has 0 radical (unpaired) electrons. The molecule has 0 bridgehead atoms. The van der Waals surface area contributed by atoms with Crippen LogP contribution in [-0.2, 0) is 16.9 Å². The van der Waals surface area contributed by atoms with Crippen LogP contribution in [0.15, 0.2) is 56.1 Å². The number of hydrogen-bond acceptors (Lipinski definition) is 4. The molecule has 0 spiro atoms. The molecule has 0 aliphatic carbocycles. The Morgan fingerprint density at radius 2 is 1.84 bits per heavy atom. The second kappa shape index (κ2) is 7.64. The van der Waals surface area contributed by atoms with Crippen LogP contribution in [0.5, 0.6) is 0 Å². The maximum Gasteiger partial charge on any atom is 0.336 e. The lowest BCUT2D eigenvalue weighted by atomic mass is 9.92. The van der Waals surface area contributed by atoms with Crippen molar-refractivity contribution >= 4 is 38.8 Å². The number of nitrogens with one attached hydrogen (secondary N) is 1.